The predicted octanol–water partition coefficient (Wildman–Crippen LogP) is 1.05. The number of nitro groups is 1. The SMILES string of the molecule is COc1cc(C(=O)OCC(=O)NC2CC2)c([N+](=O)[O-])cc1OC. The second-order valence-electron chi connectivity index (χ2n) is 4.90. The number of nitrogens with zero attached hydrogens (tertiary/aromatic N) is 1. The average molecular weight is 324 g/mol. The van der Waals surface area contributed by atoms with Crippen LogP contribution in [0.3, 0.4) is 0 Å². The van der Waals surface area contributed by atoms with Gasteiger partial charge in [-0.3, -0.25) is 14.9 Å². The number of nitrogens with one attached hydrogen (secondary N) is 1. The fourth-order valence-corrected chi connectivity index (χ4v) is 1.89. The molecular weight excluding hydrogens is 308 g/mol. The fraction of sp³-hybridized carbons (Fsp3) is 0.429. The van der Waals surface area contributed by atoms with Crippen molar-refractivity contribution in [2.24, 2.45) is 0 Å². The van der Waals surface area contributed by atoms with Gasteiger partial charge in [0.1, 0.15) is 5.56 Å². The highest BCUT2D eigenvalue weighted by Gasteiger charge is 2.27. The van der Waals surface area contributed by atoms with E-state index in [2.05, 4.69) is 5.32 Å². The number of rotatable bonds is 7. The van der Waals surface area contributed by atoms with Gasteiger partial charge in [-0.2, -0.15) is 0 Å². The number of esters is 1. The molecule has 1 fully saturated rings. The van der Waals surface area contributed by atoms with Crippen LogP contribution in [0.1, 0.15) is 23.2 Å². The second kappa shape index (κ2) is 6.95. The lowest BCUT2D eigenvalue weighted by atomic mass is 10.1. The largest absolute Gasteiger partial charge is 0.493 e. The summed E-state index contributed by atoms with van der Waals surface area (Å²) in [5.74, 6) is -1.16. The van der Waals surface area contributed by atoms with Crippen molar-refractivity contribution in [3.05, 3.63) is 27.8 Å². The van der Waals surface area contributed by atoms with Crippen molar-refractivity contribution in [2.75, 3.05) is 20.8 Å². The summed E-state index contributed by atoms with van der Waals surface area (Å²) in [6, 6.07) is 2.36. The molecule has 9 heteroatoms. The van der Waals surface area contributed by atoms with Crippen LogP contribution in [0.5, 0.6) is 11.5 Å². The number of ether oxygens (including phenoxy) is 3. The Hall–Kier alpha value is -2.84. The molecule has 0 aliphatic heterocycles. The Kier molecular flexibility index (Phi) is 4.99. The summed E-state index contributed by atoms with van der Waals surface area (Å²) in [6.07, 6.45) is 1.81. The molecule has 1 N–H and O–H groups in total. The van der Waals surface area contributed by atoms with Crippen LogP contribution in [-0.4, -0.2) is 43.7 Å². The van der Waals surface area contributed by atoms with Crippen LogP contribution in [0.4, 0.5) is 5.69 Å². The zero-order chi connectivity index (χ0) is 17.0. The lowest BCUT2D eigenvalue weighted by molar-refractivity contribution is -0.385. The Morgan fingerprint density at radius 3 is 2.39 bits per heavy atom. The average Bonchev–Trinajstić information content (AvgIpc) is 3.34. The third kappa shape index (κ3) is 4.09. The van der Waals surface area contributed by atoms with Gasteiger partial charge in [-0.25, -0.2) is 4.79 Å². The maximum atomic E-state index is 12.0. The summed E-state index contributed by atoms with van der Waals surface area (Å²) in [4.78, 5) is 33.9. The maximum absolute atomic E-state index is 12.0. The molecule has 1 amide bonds. The molecule has 2 rings (SSSR count). The minimum atomic E-state index is -0.983. The van der Waals surface area contributed by atoms with E-state index in [0.29, 0.717) is 0 Å². The monoisotopic (exact) mass is 324 g/mol. The third-order valence-corrected chi connectivity index (χ3v) is 3.20. The van der Waals surface area contributed by atoms with Crippen LogP contribution in [0.25, 0.3) is 0 Å². The van der Waals surface area contributed by atoms with Crippen LogP contribution < -0.4 is 14.8 Å². The fourth-order valence-electron chi connectivity index (χ4n) is 1.89. The molecule has 1 aromatic carbocycles. The molecule has 0 spiro atoms. The smallest absolute Gasteiger partial charge is 0.345 e. The number of carbonyl (C=O) groups excluding carboxylic acids is 2. The first kappa shape index (κ1) is 16.5. The third-order valence-electron chi connectivity index (χ3n) is 3.20. The minimum Gasteiger partial charge on any atom is -0.493 e. The van der Waals surface area contributed by atoms with Gasteiger partial charge < -0.3 is 19.5 Å². The van der Waals surface area contributed by atoms with Gasteiger partial charge in [0.25, 0.3) is 11.6 Å². The molecule has 0 aromatic heterocycles. The molecule has 0 bridgehead atoms. The first-order valence-electron chi connectivity index (χ1n) is 6.83. The highest BCUT2D eigenvalue weighted by Crippen LogP contribution is 2.34. The molecule has 0 heterocycles. The van der Waals surface area contributed by atoms with Crippen molar-refractivity contribution in [1.82, 2.24) is 5.32 Å². The molecular formula is C14H16N2O7. The molecule has 0 atom stereocenters. The van der Waals surface area contributed by atoms with Gasteiger partial charge in [0, 0.05) is 12.1 Å². The van der Waals surface area contributed by atoms with Crippen molar-refractivity contribution in [2.45, 2.75) is 18.9 Å². The minimum absolute atomic E-state index is 0.113. The van der Waals surface area contributed by atoms with Crippen LogP contribution in [0.2, 0.25) is 0 Å². The first-order valence-corrected chi connectivity index (χ1v) is 6.83. The van der Waals surface area contributed by atoms with Crippen LogP contribution in [0.15, 0.2) is 12.1 Å². The molecule has 9 nitrogen and oxygen atoms in total. The van der Waals surface area contributed by atoms with Gasteiger partial charge in [-0.05, 0) is 12.8 Å². The van der Waals surface area contributed by atoms with Crippen molar-refractivity contribution in [1.29, 1.82) is 0 Å². The number of hydrogen-bond donors (Lipinski definition) is 1. The summed E-state index contributed by atoms with van der Waals surface area (Å²) < 4.78 is 14.8. The van der Waals surface area contributed by atoms with E-state index < -0.39 is 29.1 Å². The lowest BCUT2D eigenvalue weighted by Crippen LogP contribution is -2.30. The normalized spacial score (nSPS) is 13.1. The zero-order valence-corrected chi connectivity index (χ0v) is 12.7. The Morgan fingerprint density at radius 2 is 1.87 bits per heavy atom. The van der Waals surface area contributed by atoms with E-state index in [0.717, 1.165) is 25.0 Å². The van der Waals surface area contributed by atoms with Crippen molar-refractivity contribution in [3.63, 3.8) is 0 Å². The molecule has 0 radical (unpaired) electrons. The van der Waals surface area contributed by atoms with Gasteiger partial charge in [0.05, 0.1) is 25.2 Å². The maximum Gasteiger partial charge on any atom is 0.345 e. The lowest BCUT2D eigenvalue weighted by Gasteiger charge is -2.10. The Morgan fingerprint density at radius 1 is 1.26 bits per heavy atom. The van der Waals surface area contributed by atoms with E-state index >= 15 is 0 Å². The first-order chi connectivity index (χ1) is 11.0. The highest BCUT2D eigenvalue weighted by molar-refractivity contribution is 5.96. The quantitative estimate of drug-likeness (QED) is 0.452. The summed E-state index contributed by atoms with van der Waals surface area (Å²) in [7, 11) is 2.66. The topological polar surface area (TPSA) is 117 Å². The number of methoxy groups -OCH3 is 2. The number of amides is 1. The van der Waals surface area contributed by atoms with E-state index in [4.69, 9.17) is 14.2 Å². The molecule has 1 aliphatic rings. The van der Waals surface area contributed by atoms with Gasteiger partial charge >= 0.3 is 5.97 Å². The zero-order valence-electron chi connectivity index (χ0n) is 12.7. The second-order valence-corrected chi connectivity index (χ2v) is 4.90. The summed E-state index contributed by atoms with van der Waals surface area (Å²) >= 11 is 0. The Balaban J connectivity index is 2.16. The molecule has 1 saturated carbocycles. The number of nitro benzene ring substituents is 1. The standard InChI is InChI=1S/C14H16N2O7/c1-21-11-5-9(10(16(19)20)6-12(11)22-2)14(18)23-7-13(17)15-8-3-4-8/h5-6,8H,3-4,7H2,1-2H3,(H,15,17). The number of carbonyl (C=O) groups is 2. The van der Waals surface area contributed by atoms with Gasteiger partial charge in [-0.1, -0.05) is 0 Å². The molecule has 1 aliphatic carbocycles. The highest BCUT2D eigenvalue weighted by atomic mass is 16.6. The van der Waals surface area contributed by atoms with E-state index in [1.54, 1.807) is 0 Å². The van der Waals surface area contributed by atoms with Gasteiger partial charge in [0.2, 0.25) is 0 Å². The van der Waals surface area contributed by atoms with Gasteiger partial charge in [0.15, 0.2) is 18.1 Å². The predicted molar refractivity (Wildman–Crippen MR) is 77.6 cm³/mol. The van der Waals surface area contributed by atoms with Crippen molar-refractivity contribution < 1.29 is 28.7 Å². The van der Waals surface area contributed by atoms with Gasteiger partial charge in [-0.15, -0.1) is 0 Å². The van der Waals surface area contributed by atoms with Crippen LogP contribution in [-0.2, 0) is 9.53 Å². The van der Waals surface area contributed by atoms with Crippen LogP contribution >= 0.6 is 0 Å². The molecule has 1 aromatic rings. The van der Waals surface area contributed by atoms with E-state index in [-0.39, 0.29) is 23.1 Å². The Bertz CT molecular complexity index is 640. The molecule has 124 valence electrons. The van der Waals surface area contributed by atoms with E-state index in [9.17, 15) is 19.7 Å². The summed E-state index contributed by atoms with van der Waals surface area (Å²) in [5, 5.41) is 13.8. The van der Waals surface area contributed by atoms with E-state index in [1.807, 2.05) is 0 Å². The molecule has 0 unspecified atom stereocenters. The van der Waals surface area contributed by atoms with Crippen molar-refractivity contribution >= 4 is 17.6 Å². The van der Waals surface area contributed by atoms with Crippen LogP contribution in [0, 0.1) is 10.1 Å². The summed E-state index contributed by atoms with van der Waals surface area (Å²) in [6.45, 7) is -0.499. The molecule has 0 saturated heterocycles. The molecule has 23 heavy (non-hydrogen) atoms. The number of hydrogen-bond acceptors (Lipinski definition) is 7. The number of benzene rings is 1. The summed E-state index contributed by atoms with van der Waals surface area (Å²) in [5.41, 5.74) is -0.804. The Labute approximate surface area is 131 Å². The van der Waals surface area contributed by atoms with Crippen molar-refractivity contribution in [3.8, 4) is 11.5 Å². The van der Waals surface area contributed by atoms with E-state index in [1.165, 1.54) is 14.2 Å².